The summed E-state index contributed by atoms with van der Waals surface area (Å²) in [5, 5.41) is 10.7. The summed E-state index contributed by atoms with van der Waals surface area (Å²) in [6.07, 6.45) is 3.15. The van der Waals surface area contributed by atoms with Crippen molar-refractivity contribution in [2.45, 2.75) is 0 Å². The van der Waals surface area contributed by atoms with Gasteiger partial charge in [0.2, 0.25) is 0 Å². The lowest BCUT2D eigenvalue weighted by Crippen LogP contribution is -2.12. The zero-order valence-corrected chi connectivity index (χ0v) is 13.9. The first kappa shape index (κ1) is 15.8. The van der Waals surface area contributed by atoms with E-state index in [1.165, 1.54) is 6.33 Å². The summed E-state index contributed by atoms with van der Waals surface area (Å²) in [7, 11) is 1.61. The van der Waals surface area contributed by atoms with E-state index in [-0.39, 0.29) is 5.91 Å². The molecule has 4 aromatic rings. The lowest BCUT2D eigenvalue weighted by Gasteiger charge is -2.05. The summed E-state index contributed by atoms with van der Waals surface area (Å²) in [4.78, 5) is 20.6. The largest absolute Gasteiger partial charge is 0.496 e. The highest BCUT2D eigenvalue weighted by molar-refractivity contribution is 6.05. The molecule has 0 saturated carbocycles. The van der Waals surface area contributed by atoms with Crippen LogP contribution in [0.25, 0.3) is 22.2 Å². The number of ether oxygens (including phenoxy) is 1. The Morgan fingerprint density at radius 1 is 1.15 bits per heavy atom. The van der Waals surface area contributed by atoms with Gasteiger partial charge in [-0.1, -0.05) is 12.1 Å². The smallest absolute Gasteiger partial charge is 0.256 e. The van der Waals surface area contributed by atoms with E-state index < -0.39 is 0 Å². The third kappa shape index (κ3) is 2.98. The van der Waals surface area contributed by atoms with Crippen molar-refractivity contribution < 1.29 is 9.53 Å². The van der Waals surface area contributed by atoms with E-state index in [4.69, 9.17) is 4.74 Å². The van der Waals surface area contributed by atoms with Gasteiger partial charge in [-0.3, -0.25) is 9.89 Å². The Bertz CT molecular complexity index is 1090. The first-order valence-corrected chi connectivity index (χ1v) is 7.94. The van der Waals surface area contributed by atoms with Gasteiger partial charge in [0, 0.05) is 28.8 Å². The normalized spacial score (nSPS) is 10.7. The van der Waals surface area contributed by atoms with Gasteiger partial charge in [0.1, 0.15) is 12.1 Å². The summed E-state index contributed by atoms with van der Waals surface area (Å²) in [5.41, 5.74) is 2.92. The van der Waals surface area contributed by atoms with Gasteiger partial charge in [0.15, 0.2) is 5.82 Å². The Morgan fingerprint density at radius 3 is 2.92 bits per heavy atom. The molecule has 0 fully saturated rings. The standard InChI is InChI=1S/C19H15N5O2/c1-26-17-5-3-2-4-14(17)16-9-18(24-23-16)22-19(25)12-6-7-15-13(8-12)10-20-11-21-15/h2-11H,1H3,(H2,22,23,24,25). The van der Waals surface area contributed by atoms with E-state index >= 15 is 0 Å². The van der Waals surface area contributed by atoms with E-state index in [9.17, 15) is 4.79 Å². The molecule has 2 aromatic heterocycles. The first-order valence-electron chi connectivity index (χ1n) is 7.94. The van der Waals surface area contributed by atoms with E-state index in [1.807, 2.05) is 24.3 Å². The summed E-state index contributed by atoms with van der Waals surface area (Å²) in [6.45, 7) is 0. The van der Waals surface area contributed by atoms with Gasteiger partial charge in [0.25, 0.3) is 5.91 Å². The fourth-order valence-electron chi connectivity index (χ4n) is 2.71. The quantitative estimate of drug-likeness (QED) is 0.592. The number of hydrogen-bond acceptors (Lipinski definition) is 5. The maximum Gasteiger partial charge on any atom is 0.256 e. The molecule has 2 N–H and O–H groups in total. The number of amides is 1. The number of fused-ring (bicyclic) bond motifs is 1. The first-order chi connectivity index (χ1) is 12.7. The van der Waals surface area contributed by atoms with E-state index in [1.54, 1.807) is 37.6 Å². The summed E-state index contributed by atoms with van der Waals surface area (Å²) in [5.74, 6) is 0.901. The minimum absolute atomic E-state index is 0.256. The average Bonchev–Trinajstić information content (AvgIpc) is 3.15. The molecule has 128 valence electrons. The van der Waals surface area contributed by atoms with Crippen molar-refractivity contribution in [1.29, 1.82) is 0 Å². The third-order valence-corrected chi connectivity index (χ3v) is 3.98. The van der Waals surface area contributed by atoms with Crippen LogP contribution in [0.5, 0.6) is 5.75 Å². The van der Waals surface area contributed by atoms with Crippen LogP contribution in [0.2, 0.25) is 0 Å². The number of para-hydroxylation sites is 1. The molecule has 2 heterocycles. The van der Waals surface area contributed by atoms with Gasteiger partial charge in [0.05, 0.1) is 18.3 Å². The Kier molecular flexibility index (Phi) is 4.03. The predicted octanol–water partition coefficient (Wildman–Crippen LogP) is 3.28. The SMILES string of the molecule is COc1ccccc1-c1cc(NC(=O)c2ccc3ncncc3c2)n[nH]1. The van der Waals surface area contributed by atoms with Crippen molar-refractivity contribution in [2.24, 2.45) is 0 Å². The van der Waals surface area contributed by atoms with Crippen LogP contribution in [0, 0.1) is 0 Å². The molecule has 0 saturated heterocycles. The highest BCUT2D eigenvalue weighted by Crippen LogP contribution is 2.29. The van der Waals surface area contributed by atoms with Gasteiger partial charge >= 0.3 is 0 Å². The van der Waals surface area contributed by atoms with Crippen molar-refractivity contribution in [3.8, 4) is 17.0 Å². The molecular formula is C19H15N5O2. The summed E-state index contributed by atoms with van der Waals surface area (Å²) in [6, 6.07) is 14.6. The van der Waals surface area contributed by atoms with Crippen LogP contribution in [0.15, 0.2) is 61.1 Å². The van der Waals surface area contributed by atoms with Gasteiger partial charge in [-0.2, -0.15) is 5.10 Å². The van der Waals surface area contributed by atoms with Gasteiger partial charge in [-0.05, 0) is 30.3 Å². The number of nitrogens with one attached hydrogen (secondary N) is 2. The molecule has 0 aliphatic heterocycles. The Morgan fingerprint density at radius 2 is 2.04 bits per heavy atom. The zero-order chi connectivity index (χ0) is 17.9. The van der Waals surface area contributed by atoms with Crippen molar-refractivity contribution in [3.63, 3.8) is 0 Å². The van der Waals surface area contributed by atoms with Crippen molar-refractivity contribution in [3.05, 3.63) is 66.6 Å². The van der Waals surface area contributed by atoms with Gasteiger partial charge < -0.3 is 10.1 Å². The number of methoxy groups -OCH3 is 1. The molecule has 26 heavy (non-hydrogen) atoms. The molecule has 4 rings (SSSR count). The molecule has 0 unspecified atom stereocenters. The number of H-pyrrole nitrogens is 1. The third-order valence-electron chi connectivity index (χ3n) is 3.98. The van der Waals surface area contributed by atoms with Crippen LogP contribution in [0.4, 0.5) is 5.82 Å². The second-order valence-electron chi connectivity index (χ2n) is 5.62. The van der Waals surface area contributed by atoms with Gasteiger partial charge in [-0.15, -0.1) is 0 Å². The number of aromatic nitrogens is 4. The molecular weight excluding hydrogens is 330 g/mol. The molecule has 0 radical (unpaired) electrons. The monoisotopic (exact) mass is 345 g/mol. The number of aromatic amines is 1. The number of anilines is 1. The van der Waals surface area contributed by atoms with Gasteiger partial charge in [-0.25, -0.2) is 9.97 Å². The minimum Gasteiger partial charge on any atom is -0.496 e. The summed E-state index contributed by atoms with van der Waals surface area (Å²) >= 11 is 0. The van der Waals surface area contributed by atoms with Crippen LogP contribution in [0.3, 0.4) is 0 Å². The summed E-state index contributed by atoms with van der Waals surface area (Å²) < 4.78 is 5.35. The molecule has 0 spiro atoms. The van der Waals surface area contributed by atoms with Crippen molar-refractivity contribution >= 4 is 22.6 Å². The maximum atomic E-state index is 12.5. The fraction of sp³-hybridized carbons (Fsp3) is 0.0526. The average molecular weight is 345 g/mol. The number of hydrogen-bond donors (Lipinski definition) is 2. The van der Waals surface area contributed by atoms with Crippen LogP contribution in [-0.2, 0) is 0 Å². The number of carbonyl (C=O) groups excluding carboxylic acids is 1. The molecule has 0 bridgehead atoms. The Labute approximate surface area is 149 Å². The van der Waals surface area contributed by atoms with Crippen LogP contribution in [0.1, 0.15) is 10.4 Å². The topological polar surface area (TPSA) is 92.8 Å². The van der Waals surface area contributed by atoms with E-state index in [0.717, 1.165) is 27.9 Å². The molecule has 1 amide bonds. The van der Waals surface area contributed by atoms with Crippen molar-refractivity contribution in [1.82, 2.24) is 20.2 Å². The number of benzene rings is 2. The number of nitrogens with zero attached hydrogens (tertiary/aromatic N) is 3. The molecule has 0 aliphatic carbocycles. The highest BCUT2D eigenvalue weighted by atomic mass is 16.5. The number of carbonyl (C=O) groups is 1. The molecule has 2 aromatic carbocycles. The Hall–Kier alpha value is -3.74. The van der Waals surface area contributed by atoms with Crippen LogP contribution in [-0.4, -0.2) is 33.2 Å². The number of rotatable bonds is 4. The van der Waals surface area contributed by atoms with E-state index in [2.05, 4.69) is 25.5 Å². The lowest BCUT2D eigenvalue weighted by atomic mass is 10.1. The lowest BCUT2D eigenvalue weighted by molar-refractivity contribution is 0.102. The second-order valence-corrected chi connectivity index (χ2v) is 5.62. The Balaban J connectivity index is 1.57. The predicted molar refractivity (Wildman–Crippen MR) is 98.1 cm³/mol. The molecule has 7 nitrogen and oxygen atoms in total. The molecule has 0 atom stereocenters. The second kappa shape index (κ2) is 6.64. The zero-order valence-electron chi connectivity index (χ0n) is 13.9. The molecule has 7 heteroatoms. The maximum absolute atomic E-state index is 12.5. The molecule has 0 aliphatic rings. The van der Waals surface area contributed by atoms with Crippen molar-refractivity contribution in [2.75, 3.05) is 12.4 Å². The van der Waals surface area contributed by atoms with Crippen LogP contribution >= 0.6 is 0 Å². The van der Waals surface area contributed by atoms with E-state index in [0.29, 0.717) is 11.4 Å². The fourth-order valence-corrected chi connectivity index (χ4v) is 2.71. The minimum atomic E-state index is -0.256. The van der Waals surface area contributed by atoms with Crippen LogP contribution < -0.4 is 10.1 Å². The highest BCUT2D eigenvalue weighted by Gasteiger charge is 2.12.